The lowest BCUT2D eigenvalue weighted by Gasteiger charge is -2.28. The number of hydrogen-bond donors (Lipinski definition) is 0. The summed E-state index contributed by atoms with van der Waals surface area (Å²) in [4.78, 5) is 10.9. The van der Waals surface area contributed by atoms with Gasteiger partial charge in [0.15, 0.2) is 0 Å². The molecule has 0 spiro atoms. The Balaban J connectivity index is 2.23. The van der Waals surface area contributed by atoms with Gasteiger partial charge in [0.1, 0.15) is 11.2 Å². The Morgan fingerprint density at radius 3 is 2.88 bits per heavy atom. The molecule has 0 aliphatic carbocycles. The highest BCUT2D eigenvalue weighted by Crippen LogP contribution is 2.22. The van der Waals surface area contributed by atoms with Crippen molar-refractivity contribution in [1.29, 1.82) is 0 Å². The van der Waals surface area contributed by atoms with Gasteiger partial charge in [-0.3, -0.25) is 4.68 Å². The molecule has 1 fully saturated rings. The predicted molar refractivity (Wildman–Crippen MR) is 60.8 cm³/mol. The smallest absolute Gasteiger partial charge is 0.246 e. The summed E-state index contributed by atoms with van der Waals surface area (Å²) < 4.78 is 27.3. The molecule has 7 heteroatoms. The summed E-state index contributed by atoms with van der Waals surface area (Å²) in [5.41, 5.74) is 0. The second kappa shape index (κ2) is 4.58. The molecule has 1 unspecified atom stereocenters. The number of sulfonamides is 1. The van der Waals surface area contributed by atoms with E-state index in [1.54, 1.807) is 7.05 Å². The van der Waals surface area contributed by atoms with E-state index in [0.717, 1.165) is 19.1 Å². The van der Waals surface area contributed by atoms with Crippen LogP contribution in [0, 0.1) is 5.92 Å². The molecular formula is C10H15N3O3S. The third kappa shape index (κ3) is 2.39. The van der Waals surface area contributed by atoms with Crippen LogP contribution in [0.2, 0.25) is 0 Å². The molecule has 17 heavy (non-hydrogen) atoms. The molecule has 1 aromatic heterocycles. The maximum atomic E-state index is 12.2. The number of aromatic nitrogens is 2. The molecule has 0 bridgehead atoms. The lowest BCUT2D eigenvalue weighted by atomic mass is 10.0. The number of piperidine rings is 1. The average molecular weight is 257 g/mol. The molecule has 0 N–H and O–H groups in total. The van der Waals surface area contributed by atoms with E-state index >= 15 is 0 Å². The van der Waals surface area contributed by atoms with E-state index < -0.39 is 10.0 Å². The Labute approximate surface area is 100 Å². The van der Waals surface area contributed by atoms with E-state index in [2.05, 4.69) is 5.10 Å². The third-order valence-electron chi connectivity index (χ3n) is 2.93. The highest BCUT2D eigenvalue weighted by Gasteiger charge is 2.30. The van der Waals surface area contributed by atoms with Gasteiger partial charge in [0.2, 0.25) is 10.0 Å². The zero-order valence-corrected chi connectivity index (χ0v) is 10.4. The molecule has 6 nitrogen and oxygen atoms in total. The Kier molecular flexibility index (Phi) is 3.30. The first-order chi connectivity index (χ1) is 8.04. The van der Waals surface area contributed by atoms with Gasteiger partial charge in [-0.2, -0.15) is 9.40 Å². The lowest BCUT2D eigenvalue weighted by molar-refractivity contribution is -0.112. The number of carbonyl (C=O) groups is 1. The number of aldehydes is 1. The van der Waals surface area contributed by atoms with Crippen LogP contribution in [0.1, 0.15) is 12.8 Å². The zero-order chi connectivity index (χ0) is 12.5. The van der Waals surface area contributed by atoms with Gasteiger partial charge in [-0.05, 0) is 12.8 Å². The number of rotatable bonds is 3. The molecule has 2 heterocycles. The van der Waals surface area contributed by atoms with Crippen molar-refractivity contribution in [1.82, 2.24) is 14.1 Å². The summed E-state index contributed by atoms with van der Waals surface area (Å²) in [5.74, 6) is -0.185. The molecule has 0 saturated carbocycles. The number of hydrogen-bond acceptors (Lipinski definition) is 4. The van der Waals surface area contributed by atoms with E-state index in [1.165, 1.54) is 21.4 Å². The standard InChI is InChI=1S/C10H15N3O3S/c1-12-7-10(5-11-12)17(15,16)13-4-2-3-9(6-13)8-14/h5,7-9H,2-4,6H2,1H3. The summed E-state index contributed by atoms with van der Waals surface area (Å²) in [7, 11) is -1.82. The Morgan fingerprint density at radius 2 is 2.29 bits per heavy atom. The molecule has 1 atom stereocenters. The van der Waals surface area contributed by atoms with E-state index in [-0.39, 0.29) is 17.4 Å². The number of aryl methyl sites for hydroxylation is 1. The first kappa shape index (κ1) is 12.3. The van der Waals surface area contributed by atoms with Crippen LogP contribution in [0.5, 0.6) is 0 Å². The SMILES string of the molecule is Cn1cc(S(=O)(=O)N2CCCC(C=O)C2)cn1. The second-order valence-corrected chi connectivity index (χ2v) is 6.19. The van der Waals surface area contributed by atoms with Crippen molar-refractivity contribution >= 4 is 16.3 Å². The minimum absolute atomic E-state index is 0.185. The van der Waals surface area contributed by atoms with Crippen LogP contribution in [0.3, 0.4) is 0 Å². The molecule has 94 valence electrons. The molecule has 0 radical (unpaired) electrons. The van der Waals surface area contributed by atoms with Gasteiger partial charge >= 0.3 is 0 Å². The minimum Gasteiger partial charge on any atom is -0.303 e. The topological polar surface area (TPSA) is 72.3 Å². The molecule has 1 saturated heterocycles. The van der Waals surface area contributed by atoms with Crippen LogP contribution in [0.15, 0.2) is 17.3 Å². The van der Waals surface area contributed by atoms with Crippen molar-refractivity contribution in [2.45, 2.75) is 17.7 Å². The van der Waals surface area contributed by atoms with Gasteiger partial charge in [0, 0.05) is 32.3 Å². The van der Waals surface area contributed by atoms with Crippen molar-refractivity contribution in [3.05, 3.63) is 12.4 Å². The minimum atomic E-state index is -3.49. The van der Waals surface area contributed by atoms with Crippen LogP contribution >= 0.6 is 0 Å². The summed E-state index contributed by atoms with van der Waals surface area (Å²) in [6, 6.07) is 0. The predicted octanol–water partition coefficient (Wildman–Crippen LogP) is 0.0197. The number of carbonyl (C=O) groups excluding carboxylic acids is 1. The quantitative estimate of drug-likeness (QED) is 0.716. The number of nitrogens with zero attached hydrogens (tertiary/aromatic N) is 3. The van der Waals surface area contributed by atoms with Crippen molar-refractivity contribution < 1.29 is 13.2 Å². The maximum absolute atomic E-state index is 12.2. The molecule has 2 rings (SSSR count). The Bertz CT molecular complexity index is 509. The summed E-state index contributed by atoms with van der Waals surface area (Å²) >= 11 is 0. The van der Waals surface area contributed by atoms with Crippen molar-refractivity contribution in [3.8, 4) is 0 Å². The van der Waals surface area contributed by atoms with Crippen molar-refractivity contribution in [2.75, 3.05) is 13.1 Å². The van der Waals surface area contributed by atoms with Crippen molar-refractivity contribution in [2.24, 2.45) is 13.0 Å². The molecule has 1 aliphatic heterocycles. The third-order valence-corrected chi connectivity index (χ3v) is 4.75. The monoisotopic (exact) mass is 257 g/mol. The van der Waals surface area contributed by atoms with Gasteiger partial charge in [-0.1, -0.05) is 0 Å². The maximum Gasteiger partial charge on any atom is 0.246 e. The summed E-state index contributed by atoms with van der Waals surface area (Å²) in [5, 5.41) is 3.86. The van der Waals surface area contributed by atoms with E-state index in [0.29, 0.717) is 6.54 Å². The molecule has 0 aromatic carbocycles. The Morgan fingerprint density at radius 1 is 1.53 bits per heavy atom. The van der Waals surface area contributed by atoms with Gasteiger partial charge < -0.3 is 4.79 Å². The highest BCUT2D eigenvalue weighted by molar-refractivity contribution is 7.89. The normalized spacial score (nSPS) is 22.5. The van der Waals surface area contributed by atoms with E-state index in [1.807, 2.05) is 0 Å². The summed E-state index contributed by atoms with van der Waals surface area (Å²) in [6.07, 6.45) is 5.14. The second-order valence-electron chi connectivity index (χ2n) is 4.25. The van der Waals surface area contributed by atoms with Crippen LogP contribution in [-0.4, -0.2) is 41.9 Å². The molecule has 1 aromatic rings. The average Bonchev–Trinajstić information content (AvgIpc) is 2.76. The van der Waals surface area contributed by atoms with Gasteiger partial charge in [0.25, 0.3) is 0 Å². The van der Waals surface area contributed by atoms with Crippen LogP contribution in [0.4, 0.5) is 0 Å². The van der Waals surface area contributed by atoms with E-state index in [9.17, 15) is 13.2 Å². The summed E-state index contributed by atoms with van der Waals surface area (Å²) in [6.45, 7) is 0.752. The zero-order valence-electron chi connectivity index (χ0n) is 9.61. The molecular weight excluding hydrogens is 242 g/mol. The van der Waals surface area contributed by atoms with Gasteiger partial charge in [0.05, 0.1) is 6.20 Å². The highest BCUT2D eigenvalue weighted by atomic mass is 32.2. The van der Waals surface area contributed by atoms with Crippen LogP contribution in [0.25, 0.3) is 0 Å². The van der Waals surface area contributed by atoms with Gasteiger partial charge in [-0.25, -0.2) is 8.42 Å². The van der Waals surface area contributed by atoms with Crippen LogP contribution in [-0.2, 0) is 21.9 Å². The van der Waals surface area contributed by atoms with E-state index in [4.69, 9.17) is 0 Å². The molecule has 0 amide bonds. The largest absolute Gasteiger partial charge is 0.303 e. The fourth-order valence-corrected chi connectivity index (χ4v) is 3.51. The molecule has 1 aliphatic rings. The fourth-order valence-electron chi connectivity index (χ4n) is 1.98. The fraction of sp³-hybridized carbons (Fsp3) is 0.600. The van der Waals surface area contributed by atoms with Crippen LogP contribution < -0.4 is 0 Å². The van der Waals surface area contributed by atoms with Crippen molar-refractivity contribution in [3.63, 3.8) is 0 Å². The first-order valence-electron chi connectivity index (χ1n) is 5.48. The lowest BCUT2D eigenvalue weighted by Crippen LogP contribution is -2.40. The Hall–Kier alpha value is -1.21. The first-order valence-corrected chi connectivity index (χ1v) is 6.92. The van der Waals surface area contributed by atoms with Gasteiger partial charge in [-0.15, -0.1) is 0 Å².